The molecular weight excluding hydrogens is 356 g/mol. The largest absolute Gasteiger partial charge is 0.335 e. The molecule has 2 N–H and O–H groups in total. The Labute approximate surface area is 164 Å². The Bertz CT molecular complexity index is 916. The summed E-state index contributed by atoms with van der Waals surface area (Å²) in [6.45, 7) is 7.56. The molecule has 1 unspecified atom stereocenters. The fourth-order valence-corrected chi connectivity index (χ4v) is 3.36. The topological polar surface area (TPSA) is 83.3 Å². The van der Waals surface area contributed by atoms with Crippen LogP contribution in [0.3, 0.4) is 0 Å². The molecule has 1 fully saturated rings. The lowest BCUT2D eigenvalue weighted by atomic mass is 10.0. The van der Waals surface area contributed by atoms with E-state index in [0.717, 1.165) is 35.3 Å². The van der Waals surface area contributed by atoms with Gasteiger partial charge in [0.25, 0.3) is 5.91 Å². The Morgan fingerprint density at radius 2 is 1.79 bits per heavy atom. The first-order valence-corrected chi connectivity index (χ1v) is 9.56. The third-order valence-electron chi connectivity index (χ3n) is 5.06. The number of anilines is 1. The van der Waals surface area contributed by atoms with Gasteiger partial charge in [0.05, 0.1) is 31.9 Å². The lowest BCUT2D eigenvalue weighted by molar-refractivity contribution is -0.894. The van der Waals surface area contributed by atoms with E-state index in [2.05, 4.69) is 24.2 Å². The van der Waals surface area contributed by atoms with Crippen molar-refractivity contribution in [2.75, 3.05) is 31.1 Å². The smallest absolute Gasteiger partial charge is 0.334 e. The predicted octanol–water partition coefficient (Wildman–Crippen LogP) is 1.03. The predicted molar refractivity (Wildman–Crippen MR) is 109 cm³/mol. The normalized spacial score (nSPS) is 17.8. The number of imide groups is 2. The third-order valence-corrected chi connectivity index (χ3v) is 5.06. The standard InChI is InChI=1S/C21H24N4O3/c1-3-24(4-2)13-12-22-14-17-19(26)23-21(28)25(20(17)27)18-11-7-9-15-8-5-6-10-16(15)18/h5-11,14,17H,3-4,12-13H2,1-2H3,(H,23,26,28)/p+1. The second-order valence-electron chi connectivity index (χ2n) is 6.71. The maximum absolute atomic E-state index is 13.0. The molecule has 146 valence electrons. The van der Waals surface area contributed by atoms with Gasteiger partial charge in [-0.05, 0) is 25.3 Å². The second-order valence-corrected chi connectivity index (χ2v) is 6.71. The number of amides is 4. The molecule has 7 heteroatoms. The van der Waals surface area contributed by atoms with Crippen LogP contribution in [0.2, 0.25) is 0 Å². The van der Waals surface area contributed by atoms with Gasteiger partial charge >= 0.3 is 6.03 Å². The summed E-state index contributed by atoms with van der Waals surface area (Å²) in [5, 5.41) is 3.95. The number of likely N-dealkylation sites (N-methyl/N-ethyl adjacent to an activating group) is 1. The number of fused-ring (bicyclic) bond motifs is 1. The summed E-state index contributed by atoms with van der Waals surface area (Å²) >= 11 is 0. The van der Waals surface area contributed by atoms with Crippen molar-refractivity contribution in [3.63, 3.8) is 0 Å². The van der Waals surface area contributed by atoms with Gasteiger partial charge in [-0.1, -0.05) is 36.4 Å². The van der Waals surface area contributed by atoms with Gasteiger partial charge in [0, 0.05) is 11.6 Å². The van der Waals surface area contributed by atoms with E-state index >= 15 is 0 Å². The summed E-state index contributed by atoms with van der Waals surface area (Å²) in [5.41, 5.74) is 0.457. The molecule has 0 spiro atoms. The number of carbonyl (C=O) groups is 3. The molecule has 2 aromatic rings. The number of carbonyl (C=O) groups excluding carboxylic acids is 3. The summed E-state index contributed by atoms with van der Waals surface area (Å²) < 4.78 is 0. The zero-order chi connectivity index (χ0) is 20.1. The van der Waals surface area contributed by atoms with Crippen molar-refractivity contribution in [2.24, 2.45) is 10.9 Å². The van der Waals surface area contributed by atoms with Gasteiger partial charge < -0.3 is 4.90 Å². The molecule has 0 saturated carbocycles. The van der Waals surface area contributed by atoms with Crippen LogP contribution in [0.5, 0.6) is 0 Å². The van der Waals surface area contributed by atoms with E-state index in [9.17, 15) is 14.4 Å². The SMILES string of the molecule is CC[NH+](CC)CCN=CC1C(=O)NC(=O)N(c2cccc3ccccc23)C1=O. The lowest BCUT2D eigenvalue weighted by Gasteiger charge is -2.29. The molecule has 1 heterocycles. The van der Waals surface area contributed by atoms with Crippen molar-refractivity contribution in [1.82, 2.24) is 5.32 Å². The maximum Gasteiger partial charge on any atom is 0.335 e. The van der Waals surface area contributed by atoms with Crippen LogP contribution in [0.25, 0.3) is 10.8 Å². The van der Waals surface area contributed by atoms with E-state index in [1.165, 1.54) is 11.1 Å². The highest BCUT2D eigenvalue weighted by atomic mass is 16.2. The van der Waals surface area contributed by atoms with Crippen molar-refractivity contribution < 1.29 is 19.3 Å². The van der Waals surface area contributed by atoms with E-state index in [-0.39, 0.29) is 0 Å². The monoisotopic (exact) mass is 381 g/mol. The minimum Gasteiger partial charge on any atom is -0.334 e. The Kier molecular flexibility index (Phi) is 6.16. The van der Waals surface area contributed by atoms with Gasteiger partial charge in [0.15, 0.2) is 5.92 Å². The molecule has 4 amide bonds. The first kappa shape index (κ1) is 19.7. The van der Waals surface area contributed by atoms with Crippen LogP contribution >= 0.6 is 0 Å². The van der Waals surface area contributed by atoms with Crippen molar-refractivity contribution in [1.29, 1.82) is 0 Å². The lowest BCUT2D eigenvalue weighted by Crippen LogP contribution is -3.11. The van der Waals surface area contributed by atoms with Crippen LogP contribution in [-0.2, 0) is 9.59 Å². The van der Waals surface area contributed by atoms with Crippen LogP contribution < -0.4 is 15.1 Å². The molecule has 28 heavy (non-hydrogen) atoms. The van der Waals surface area contributed by atoms with Gasteiger partial charge in [0.1, 0.15) is 0 Å². The third kappa shape index (κ3) is 3.94. The molecule has 0 aromatic heterocycles. The minimum atomic E-state index is -1.11. The van der Waals surface area contributed by atoms with Crippen LogP contribution in [0, 0.1) is 5.92 Å². The number of nitrogens with one attached hydrogen (secondary N) is 2. The van der Waals surface area contributed by atoms with Gasteiger partial charge in [-0.15, -0.1) is 0 Å². The highest BCUT2D eigenvalue weighted by Gasteiger charge is 2.40. The molecule has 2 aromatic carbocycles. The number of nitrogens with zero attached hydrogens (tertiary/aromatic N) is 2. The Morgan fingerprint density at radius 1 is 1.07 bits per heavy atom. The summed E-state index contributed by atoms with van der Waals surface area (Å²) in [6.07, 6.45) is 1.37. The van der Waals surface area contributed by atoms with Crippen molar-refractivity contribution in [2.45, 2.75) is 13.8 Å². The van der Waals surface area contributed by atoms with Gasteiger partial charge in [0.2, 0.25) is 5.91 Å². The molecule has 1 aliphatic heterocycles. The van der Waals surface area contributed by atoms with Gasteiger partial charge in [-0.2, -0.15) is 0 Å². The number of benzene rings is 2. The fourth-order valence-electron chi connectivity index (χ4n) is 3.36. The van der Waals surface area contributed by atoms with Crippen molar-refractivity contribution in [3.8, 4) is 0 Å². The first-order valence-electron chi connectivity index (χ1n) is 9.56. The molecule has 1 saturated heterocycles. The number of rotatable bonds is 7. The van der Waals surface area contributed by atoms with E-state index < -0.39 is 23.8 Å². The van der Waals surface area contributed by atoms with Crippen LogP contribution in [0.15, 0.2) is 47.5 Å². The summed E-state index contributed by atoms with van der Waals surface area (Å²) in [5.74, 6) is -2.32. The number of hydrogen-bond acceptors (Lipinski definition) is 4. The molecule has 0 bridgehead atoms. The Hall–Kier alpha value is -3.06. The zero-order valence-corrected chi connectivity index (χ0v) is 16.1. The van der Waals surface area contributed by atoms with Crippen LogP contribution in [0.1, 0.15) is 13.8 Å². The summed E-state index contributed by atoms with van der Waals surface area (Å²) in [6, 6.07) is 12.1. The minimum absolute atomic E-state index is 0.457. The second kappa shape index (κ2) is 8.75. The average molecular weight is 381 g/mol. The maximum atomic E-state index is 13.0. The van der Waals surface area contributed by atoms with Crippen LogP contribution in [-0.4, -0.2) is 50.2 Å². The highest BCUT2D eigenvalue weighted by molar-refractivity contribution is 6.33. The number of aliphatic imine (C=N–C) groups is 1. The summed E-state index contributed by atoms with van der Waals surface area (Å²) in [4.78, 5) is 44.3. The molecule has 1 atom stereocenters. The highest BCUT2D eigenvalue weighted by Crippen LogP contribution is 2.29. The summed E-state index contributed by atoms with van der Waals surface area (Å²) in [7, 11) is 0. The molecule has 7 nitrogen and oxygen atoms in total. The molecule has 0 radical (unpaired) electrons. The molecular formula is C21H25N4O3+. The Balaban J connectivity index is 1.84. The number of urea groups is 1. The van der Waals surface area contributed by atoms with Crippen molar-refractivity contribution >= 4 is 40.5 Å². The number of quaternary nitrogens is 1. The first-order chi connectivity index (χ1) is 13.6. The molecule has 1 aliphatic rings. The fraction of sp³-hybridized carbons (Fsp3) is 0.333. The number of barbiturate groups is 1. The number of hydrogen-bond donors (Lipinski definition) is 2. The Morgan fingerprint density at radius 3 is 2.54 bits per heavy atom. The van der Waals surface area contributed by atoms with E-state index in [1.54, 1.807) is 12.1 Å². The van der Waals surface area contributed by atoms with Gasteiger partial charge in [-0.3, -0.25) is 19.9 Å². The van der Waals surface area contributed by atoms with Crippen LogP contribution in [0.4, 0.5) is 10.5 Å². The molecule has 0 aliphatic carbocycles. The van der Waals surface area contributed by atoms with E-state index in [0.29, 0.717) is 12.2 Å². The average Bonchev–Trinajstić information content (AvgIpc) is 2.70. The van der Waals surface area contributed by atoms with Gasteiger partial charge in [-0.25, -0.2) is 9.69 Å². The van der Waals surface area contributed by atoms with E-state index in [1.807, 2.05) is 30.3 Å². The van der Waals surface area contributed by atoms with Crippen molar-refractivity contribution in [3.05, 3.63) is 42.5 Å². The molecule has 3 rings (SSSR count). The quantitative estimate of drug-likeness (QED) is 0.555. The van der Waals surface area contributed by atoms with E-state index in [4.69, 9.17) is 0 Å². The zero-order valence-electron chi connectivity index (χ0n) is 16.1.